The van der Waals surface area contributed by atoms with Gasteiger partial charge in [-0.1, -0.05) is 0 Å². The maximum absolute atomic E-state index is 12.1. The summed E-state index contributed by atoms with van der Waals surface area (Å²) < 4.78 is 48.6. The predicted octanol–water partition coefficient (Wildman–Crippen LogP) is 1.68. The number of hydrogen-bond acceptors (Lipinski definition) is 7. The monoisotopic (exact) mass is 296 g/mol. The van der Waals surface area contributed by atoms with E-state index in [0.717, 1.165) is 14.2 Å². The van der Waals surface area contributed by atoms with Gasteiger partial charge in [-0.3, -0.25) is 10.1 Å². The second-order valence-corrected chi connectivity index (χ2v) is 3.16. The molecule has 0 radical (unpaired) electrons. The number of carbonyl (C=O) groups excluding carboxylic acids is 1. The highest BCUT2D eigenvalue weighted by atomic mass is 19.4. The molecule has 0 amide bonds. The first kappa shape index (κ1) is 15.5. The van der Waals surface area contributed by atoms with Crippen LogP contribution in [-0.4, -0.2) is 36.5 Å². The molecule has 11 heteroatoms. The van der Waals surface area contributed by atoms with Gasteiger partial charge in [0.15, 0.2) is 0 Å². The second kappa shape index (κ2) is 5.59. The van der Waals surface area contributed by atoms with Gasteiger partial charge in [0, 0.05) is 0 Å². The molecule has 1 aromatic rings. The summed E-state index contributed by atoms with van der Waals surface area (Å²) in [5, 5.41) is 10.8. The number of pyridine rings is 1. The number of methoxy groups -OCH3 is 2. The molecule has 0 aliphatic heterocycles. The molecule has 0 bridgehead atoms. The number of halogens is 3. The molecule has 0 saturated carbocycles. The van der Waals surface area contributed by atoms with Gasteiger partial charge in [0.2, 0.25) is 17.3 Å². The van der Waals surface area contributed by atoms with E-state index in [0.29, 0.717) is 6.07 Å². The highest BCUT2D eigenvalue weighted by molar-refractivity contribution is 5.93. The van der Waals surface area contributed by atoms with Crippen molar-refractivity contribution in [1.82, 2.24) is 4.98 Å². The van der Waals surface area contributed by atoms with Crippen LogP contribution in [0.1, 0.15) is 10.5 Å². The van der Waals surface area contributed by atoms with E-state index in [1.165, 1.54) is 0 Å². The molecule has 0 unspecified atom stereocenters. The average Bonchev–Trinajstić information content (AvgIpc) is 2.34. The van der Waals surface area contributed by atoms with Crippen molar-refractivity contribution in [3.05, 3.63) is 21.9 Å². The fraction of sp³-hybridized carbons (Fsp3) is 0.333. The van der Waals surface area contributed by atoms with Crippen LogP contribution >= 0.6 is 0 Å². The third-order valence-electron chi connectivity index (χ3n) is 1.94. The highest BCUT2D eigenvalue weighted by Gasteiger charge is 2.35. The number of nitrogens with zero attached hydrogens (tertiary/aromatic N) is 2. The Balaban J connectivity index is 3.47. The smallest absolute Gasteiger partial charge is 0.490 e. The molecular weight excluding hydrogens is 289 g/mol. The summed E-state index contributed by atoms with van der Waals surface area (Å²) in [5.41, 5.74) is -1.88. The van der Waals surface area contributed by atoms with E-state index in [1.807, 2.05) is 0 Å². The summed E-state index contributed by atoms with van der Waals surface area (Å²) in [6.45, 7) is 0. The van der Waals surface area contributed by atoms with Crippen LogP contribution in [0.15, 0.2) is 6.07 Å². The number of hydrogen-bond donors (Lipinski definition) is 0. The van der Waals surface area contributed by atoms with Crippen molar-refractivity contribution in [3.63, 3.8) is 0 Å². The van der Waals surface area contributed by atoms with Gasteiger partial charge in [-0.15, -0.1) is 13.2 Å². The minimum atomic E-state index is -5.08. The molecule has 8 nitrogen and oxygen atoms in total. The van der Waals surface area contributed by atoms with Gasteiger partial charge in [-0.05, 0) is 0 Å². The van der Waals surface area contributed by atoms with Gasteiger partial charge in [0.05, 0.1) is 25.2 Å². The van der Waals surface area contributed by atoms with Gasteiger partial charge < -0.3 is 14.2 Å². The topological polar surface area (TPSA) is 101 Å². The van der Waals surface area contributed by atoms with Crippen LogP contribution in [0.3, 0.4) is 0 Å². The van der Waals surface area contributed by atoms with E-state index in [2.05, 4.69) is 19.2 Å². The number of carbonyl (C=O) groups is 1. The molecular formula is C9H7F3N2O6. The molecule has 110 valence electrons. The lowest BCUT2D eigenvalue weighted by atomic mass is 10.2. The van der Waals surface area contributed by atoms with Gasteiger partial charge in [0.1, 0.15) is 0 Å². The zero-order valence-corrected chi connectivity index (χ0v) is 10.1. The van der Waals surface area contributed by atoms with Crippen molar-refractivity contribution >= 4 is 11.7 Å². The molecule has 0 aromatic carbocycles. The molecule has 0 spiro atoms. The molecule has 0 aliphatic carbocycles. The van der Waals surface area contributed by atoms with Crippen LogP contribution in [0.4, 0.5) is 18.9 Å². The Hall–Kier alpha value is -2.59. The highest BCUT2D eigenvalue weighted by Crippen LogP contribution is 2.34. The average molecular weight is 296 g/mol. The SMILES string of the molecule is COC(=O)c1nc(OC(F)(F)F)cc(OC)c1[N+](=O)[O-]. The van der Waals surface area contributed by atoms with E-state index >= 15 is 0 Å². The molecule has 0 atom stereocenters. The number of rotatable bonds is 4. The van der Waals surface area contributed by atoms with E-state index in [1.54, 1.807) is 0 Å². The van der Waals surface area contributed by atoms with Crippen LogP contribution in [0, 0.1) is 10.1 Å². The predicted molar refractivity (Wildman–Crippen MR) is 55.5 cm³/mol. The van der Waals surface area contributed by atoms with E-state index in [9.17, 15) is 28.1 Å². The molecule has 0 saturated heterocycles. The van der Waals surface area contributed by atoms with Crippen molar-refractivity contribution in [2.24, 2.45) is 0 Å². The van der Waals surface area contributed by atoms with Crippen LogP contribution in [0.25, 0.3) is 0 Å². The van der Waals surface area contributed by atoms with Crippen LogP contribution in [-0.2, 0) is 4.74 Å². The number of ether oxygens (including phenoxy) is 3. The van der Waals surface area contributed by atoms with Gasteiger partial charge in [0.25, 0.3) is 0 Å². The summed E-state index contributed by atoms with van der Waals surface area (Å²) >= 11 is 0. The summed E-state index contributed by atoms with van der Waals surface area (Å²) in [6, 6.07) is 0.540. The quantitative estimate of drug-likeness (QED) is 0.473. The van der Waals surface area contributed by atoms with Gasteiger partial charge in [-0.2, -0.15) is 4.98 Å². The third-order valence-corrected chi connectivity index (χ3v) is 1.94. The van der Waals surface area contributed by atoms with Crippen molar-refractivity contribution in [2.75, 3.05) is 14.2 Å². The fourth-order valence-corrected chi connectivity index (χ4v) is 1.23. The van der Waals surface area contributed by atoms with Crippen LogP contribution in [0.2, 0.25) is 0 Å². The largest absolute Gasteiger partial charge is 0.574 e. The number of esters is 1. The maximum atomic E-state index is 12.1. The zero-order valence-electron chi connectivity index (χ0n) is 10.1. The van der Waals surface area contributed by atoms with Gasteiger partial charge in [-0.25, -0.2) is 4.79 Å². The second-order valence-electron chi connectivity index (χ2n) is 3.16. The first-order chi connectivity index (χ1) is 9.19. The Kier molecular flexibility index (Phi) is 4.32. The van der Waals surface area contributed by atoms with Crippen molar-refractivity contribution in [1.29, 1.82) is 0 Å². The Labute approximate surface area is 109 Å². The van der Waals surface area contributed by atoms with Crippen molar-refractivity contribution < 1.29 is 37.1 Å². The Bertz CT molecular complexity index is 545. The number of aromatic nitrogens is 1. The minimum Gasteiger partial charge on any atom is -0.490 e. The van der Waals surface area contributed by atoms with E-state index in [-0.39, 0.29) is 0 Å². The Morgan fingerprint density at radius 1 is 1.40 bits per heavy atom. The summed E-state index contributed by atoms with van der Waals surface area (Å²) in [4.78, 5) is 24.3. The first-order valence-electron chi connectivity index (χ1n) is 4.77. The van der Waals surface area contributed by atoms with E-state index in [4.69, 9.17) is 0 Å². The lowest BCUT2D eigenvalue weighted by Crippen LogP contribution is -2.19. The van der Waals surface area contributed by atoms with Gasteiger partial charge >= 0.3 is 18.0 Å². The Morgan fingerprint density at radius 2 is 2.00 bits per heavy atom. The van der Waals surface area contributed by atoms with Crippen LogP contribution < -0.4 is 9.47 Å². The number of nitro groups is 1. The molecule has 0 fully saturated rings. The summed E-state index contributed by atoms with van der Waals surface area (Å²) in [6.07, 6.45) is -5.08. The Morgan fingerprint density at radius 3 is 2.40 bits per heavy atom. The zero-order chi connectivity index (χ0) is 15.5. The first-order valence-corrected chi connectivity index (χ1v) is 4.77. The van der Waals surface area contributed by atoms with Crippen molar-refractivity contribution in [3.8, 4) is 11.6 Å². The summed E-state index contributed by atoms with van der Waals surface area (Å²) in [7, 11) is 1.86. The third kappa shape index (κ3) is 3.46. The minimum absolute atomic E-state index is 0.540. The molecule has 1 rings (SSSR count). The molecule has 1 aromatic heterocycles. The molecule has 1 heterocycles. The number of alkyl halides is 3. The lowest BCUT2D eigenvalue weighted by molar-refractivity contribution is -0.386. The molecule has 0 aliphatic rings. The standard InChI is InChI=1S/C9H7F3N2O6/c1-18-4-3-5(20-9(10,11)12)13-6(8(15)19-2)7(4)14(16)17/h3H,1-2H3. The fourth-order valence-electron chi connectivity index (χ4n) is 1.23. The molecule has 20 heavy (non-hydrogen) atoms. The normalized spacial score (nSPS) is 10.8. The van der Waals surface area contributed by atoms with E-state index < -0.39 is 40.3 Å². The van der Waals surface area contributed by atoms with Crippen LogP contribution in [0.5, 0.6) is 11.6 Å². The summed E-state index contributed by atoms with van der Waals surface area (Å²) in [5.74, 6) is -3.01. The van der Waals surface area contributed by atoms with Crippen molar-refractivity contribution in [2.45, 2.75) is 6.36 Å². The molecule has 0 N–H and O–H groups in total. The maximum Gasteiger partial charge on any atom is 0.574 e. The lowest BCUT2D eigenvalue weighted by Gasteiger charge is -2.11.